The van der Waals surface area contributed by atoms with Crippen LogP contribution in [0.4, 0.5) is 5.69 Å². The zero-order chi connectivity index (χ0) is 24.5. The third-order valence-corrected chi connectivity index (χ3v) is 7.45. The SMILES string of the molecule is COC(=O)c1sc2nc(CN(C)[C@@H](C)c3cc(-c4ccccc4)n[nH]3)ccc2c1NC(=O)C1CC1. The molecule has 1 aliphatic rings. The Hall–Kier alpha value is -3.56. The summed E-state index contributed by atoms with van der Waals surface area (Å²) < 4.78 is 4.95. The monoisotopic (exact) mass is 489 g/mol. The van der Waals surface area contributed by atoms with Gasteiger partial charge in [-0.05, 0) is 45.0 Å². The summed E-state index contributed by atoms with van der Waals surface area (Å²) in [6.07, 6.45) is 1.77. The summed E-state index contributed by atoms with van der Waals surface area (Å²) in [6.45, 7) is 2.72. The molecular formula is C26H27N5O3S. The highest BCUT2D eigenvalue weighted by Crippen LogP contribution is 2.38. The maximum Gasteiger partial charge on any atom is 0.350 e. The summed E-state index contributed by atoms with van der Waals surface area (Å²) >= 11 is 1.24. The van der Waals surface area contributed by atoms with E-state index < -0.39 is 5.97 Å². The molecule has 35 heavy (non-hydrogen) atoms. The Morgan fingerprint density at radius 3 is 2.71 bits per heavy atom. The first-order valence-corrected chi connectivity index (χ1v) is 12.4. The van der Waals surface area contributed by atoms with Crippen LogP contribution >= 0.6 is 11.3 Å². The number of hydrogen-bond acceptors (Lipinski definition) is 7. The zero-order valence-corrected chi connectivity index (χ0v) is 20.7. The van der Waals surface area contributed by atoms with Crippen LogP contribution in [0.25, 0.3) is 21.5 Å². The number of fused-ring (bicyclic) bond motifs is 1. The van der Waals surface area contributed by atoms with Crippen LogP contribution in [-0.4, -0.2) is 46.1 Å². The first-order valence-electron chi connectivity index (χ1n) is 11.6. The predicted octanol–water partition coefficient (Wildman–Crippen LogP) is 5.01. The molecule has 180 valence electrons. The number of ether oxygens (including phenoxy) is 1. The number of H-pyrrole nitrogens is 1. The summed E-state index contributed by atoms with van der Waals surface area (Å²) in [5, 5.41) is 11.3. The van der Waals surface area contributed by atoms with Crippen molar-refractivity contribution in [3.8, 4) is 11.3 Å². The van der Waals surface area contributed by atoms with Gasteiger partial charge >= 0.3 is 5.97 Å². The van der Waals surface area contributed by atoms with Crippen molar-refractivity contribution in [1.29, 1.82) is 0 Å². The highest BCUT2D eigenvalue weighted by Gasteiger charge is 2.32. The lowest BCUT2D eigenvalue weighted by Crippen LogP contribution is -2.22. The Bertz CT molecular complexity index is 1380. The fourth-order valence-electron chi connectivity index (χ4n) is 3.97. The molecule has 8 nitrogen and oxygen atoms in total. The van der Waals surface area contributed by atoms with Gasteiger partial charge in [-0.15, -0.1) is 11.3 Å². The maximum atomic E-state index is 12.4. The topological polar surface area (TPSA) is 100 Å². The smallest absolute Gasteiger partial charge is 0.350 e. The zero-order valence-electron chi connectivity index (χ0n) is 19.9. The van der Waals surface area contributed by atoms with E-state index in [0.29, 0.717) is 21.9 Å². The molecule has 1 fully saturated rings. The predicted molar refractivity (Wildman–Crippen MR) is 136 cm³/mol. The van der Waals surface area contributed by atoms with E-state index in [2.05, 4.69) is 33.4 Å². The first-order chi connectivity index (χ1) is 16.9. The number of aromatic nitrogens is 3. The van der Waals surface area contributed by atoms with Gasteiger partial charge in [0.1, 0.15) is 9.71 Å². The van der Waals surface area contributed by atoms with Gasteiger partial charge in [0, 0.05) is 29.5 Å². The molecule has 0 radical (unpaired) electrons. The summed E-state index contributed by atoms with van der Waals surface area (Å²) in [5.74, 6) is -0.496. The van der Waals surface area contributed by atoms with E-state index in [9.17, 15) is 9.59 Å². The molecular weight excluding hydrogens is 462 g/mol. The molecule has 3 aromatic heterocycles. The number of aromatic amines is 1. The number of hydrogen-bond donors (Lipinski definition) is 2. The molecule has 0 unspecified atom stereocenters. The third kappa shape index (κ3) is 4.82. The van der Waals surface area contributed by atoms with Crippen molar-refractivity contribution < 1.29 is 14.3 Å². The number of methoxy groups -OCH3 is 1. The van der Waals surface area contributed by atoms with E-state index in [4.69, 9.17) is 9.72 Å². The molecule has 5 rings (SSSR count). The summed E-state index contributed by atoms with van der Waals surface area (Å²) in [5.41, 5.74) is 4.37. The molecule has 0 saturated heterocycles. The van der Waals surface area contributed by atoms with Gasteiger partial charge in [-0.3, -0.25) is 14.8 Å². The molecule has 1 amide bonds. The van der Waals surface area contributed by atoms with Crippen LogP contribution in [-0.2, 0) is 16.1 Å². The molecule has 4 aromatic rings. The Morgan fingerprint density at radius 1 is 1.23 bits per heavy atom. The number of amides is 1. The van der Waals surface area contributed by atoms with Crippen LogP contribution in [0, 0.1) is 5.92 Å². The van der Waals surface area contributed by atoms with Crippen molar-refractivity contribution in [3.05, 3.63) is 64.8 Å². The van der Waals surface area contributed by atoms with Gasteiger partial charge in [0.2, 0.25) is 5.91 Å². The minimum absolute atomic E-state index is 0.0303. The number of thiophene rings is 1. The van der Waals surface area contributed by atoms with Gasteiger partial charge in [-0.1, -0.05) is 30.3 Å². The van der Waals surface area contributed by atoms with Crippen LogP contribution in [0.2, 0.25) is 0 Å². The van der Waals surface area contributed by atoms with Crippen LogP contribution in [0.1, 0.15) is 46.9 Å². The fraction of sp³-hybridized carbons (Fsp3) is 0.308. The van der Waals surface area contributed by atoms with Gasteiger partial charge in [0.25, 0.3) is 0 Å². The number of anilines is 1. The van der Waals surface area contributed by atoms with E-state index >= 15 is 0 Å². The summed E-state index contributed by atoms with van der Waals surface area (Å²) in [4.78, 5) is 32.8. The second-order valence-electron chi connectivity index (χ2n) is 8.88. The molecule has 0 aliphatic heterocycles. The second kappa shape index (κ2) is 9.59. The lowest BCUT2D eigenvalue weighted by atomic mass is 10.1. The first kappa shape index (κ1) is 23.2. The van der Waals surface area contributed by atoms with Crippen LogP contribution in [0.5, 0.6) is 0 Å². The normalized spacial score (nSPS) is 14.3. The highest BCUT2D eigenvalue weighted by molar-refractivity contribution is 7.21. The minimum Gasteiger partial charge on any atom is -0.465 e. The van der Waals surface area contributed by atoms with Gasteiger partial charge in [-0.2, -0.15) is 5.10 Å². The number of nitrogens with one attached hydrogen (secondary N) is 2. The van der Waals surface area contributed by atoms with Gasteiger partial charge < -0.3 is 10.1 Å². The molecule has 1 saturated carbocycles. The molecule has 9 heteroatoms. The average Bonchev–Trinajstić information content (AvgIpc) is 3.51. The van der Waals surface area contributed by atoms with Crippen molar-refractivity contribution >= 4 is 39.1 Å². The Kier molecular flexibility index (Phi) is 6.36. The van der Waals surface area contributed by atoms with E-state index in [-0.39, 0.29) is 17.9 Å². The fourth-order valence-corrected chi connectivity index (χ4v) is 5.04. The number of nitrogens with zero attached hydrogens (tertiary/aromatic N) is 3. The summed E-state index contributed by atoms with van der Waals surface area (Å²) in [6, 6.07) is 16.1. The van der Waals surface area contributed by atoms with Crippen molar-refractivity contribution in [2.45, 2.75) is 32.4 Å². The standard InChI is InChI=1S/C26H27N5O3S/c1-15(20-13-21(30-29-20)16-7-5-4-6-8-16)31(2)14-18-11-12-19-22(28-24(32)17-9-10-17)23(26(33)34-3)35-25(19)27-18/h4-8,11-13,15,17H,9-10,14H2,1-3H3,(H,28,32)(H,29,30)/t15-/m0/s1. The molecule has 3 heterocycles. The van der Waals surface area contributed by atoms with E-state index in [1.54, 1.807) is 0 Å². The van der Waals surface area contributed by atoms with Gasteiger partial charge in [-0.25, -0.2) is 9.78 Å². The lowest BCUT2D eigenvalue weighted by Gasteiger charge is -2.23. The quantitative estimate of drug-likeness (QED) is 0.337. The number of rotatable bonds is 8. The highest BCUT2D eigenvalue weighted by atomic mass is 32.1. The largest absolute Gasteiger partial charge is 0.465 e. The number of carbonyl (C=O) groups is 2. The maximum absolute atomic E-state index is 12.4. The minimum atomic E-state index is -0.472. The Balaban J connectivity index is 1.35. The molecule has 2 N–H and O–H groups in total. The van der Waals surface area contributed by atoms with E-state index in [1.165, 1.54) is 18.4 Å². The number of benzene rings is 1. The van der Waals surface area contributed by atoms with Gasteiger partial charge in [0.05, 0.1) is 29.9 Å². The molecule has 0 spiro atoms. The van der Waals surface area contributed by atoms with Crippen LogP contribution < -0.4 is 5.32 Å². The van der Waals surface area contributed by atoms with Crippen molar-refractivity contribution in [3.63, 3.8) is 0 Å². The van der Waals surface area contributed by atoms with Crippen LogP contribution in [0.3, 0.4) is 0 Å². The average molecular weight is 490 g/mol. The molecule has 1 aliphatic carbocycles. The second-order valence-corrected chi connectivity index (χ2v) is 9.88. The van der Waals surface area contributed by atoms with Gasteiger partial charge in [0.15, 0.2) is 0 Å². The number of carbonyl (C=O) groups excluding carboxylic acids is 2. The Morgan fingerprint density at radius 2 is 2.00 bits per heavy atom. The third-order valence-electron chi connectivity index (χ3n) is 6.37. The molecule has 0 bridgehead atoms. The number of pyridine rings is 1. The molecule has 1 aromatic carbocycles. The Labute approximate surface area is 207 Å². The van der Waals surface area contributed by atoms with Crippen molar-refractivity contribution in [1.82, 2.24) is 20.1 Å². The lowest BCUT2D eigenvalue weighted by molar-refractivity contribution is -0.117. The van der Waals surface area contributed by atoms with Crippen molar-refractivity contribution in [2.75, 3.05) is 19.5 Å². The van der Waals surface area contributed by atoms with E-state index in [0.717, 1.165) is 40.9 Å². The summed E-state index contributed by atoms with van der Waals surface area (Å²) in [7, 11) is 3.38. The van der Waals surface area contributed by atoms with E-state index in [1.807, 2.05) is 49.5 Å². The van der Waals surface area contributed by atoms with Crippen LogP contribution in [0.15, 0.2) is 48.5 Å². The van der Waals surface area contributed by atoms with Crippen molar-refractivity contribution in [2.24, 2.45) is 5.92 Å². The molecule has 1 atom stereocenters. The number of esters is 1.